The van der Waals surface area contributed by atoms with Gasteiger partial charge in [-0.2, -0.15) is 0 Å². The number of primary amides is 1. The summed E-state index contributed by atoms with van der Waals surface area (Å²) < 4.78 is 0. The Morgan fingerprint density at radius 1 is 1.17 bits per heavy atom. The number of Topliss-reactive ketones (excluding diaryl/α,β-unsaturated/α-hetero) is 2. The average molecular weight is 590 g/mol. The number of aliphatic hydroxyl groups is 3. The van der Waals surface area contributed by atoms with Crippen LogP contribution in [0.15, 0.2) is 28.7 Å². The number of ketones is 2. The Hall–Kier alpha value is -2.92. The Labute approximate surface area is 244 Å². The molecule has 0 aromatic heterocycles. The van der Waals surface area contributed by atoms with E-state index in [0.717, 1.165) is 6.42 Å². The number of halogens is 1. The predicted molar refractivity (Wildman–Crippen MR) is 154 cm³/mol. The first-order valence-corrected chi connectivity index (χ1v) is 14.0. The molecule has 0 bridgehead atoms. The Bertz CT molecular complexity index is 1410. The van der Waals surface area contributed by atoms with E-state index in [1.54, 1.807) is 14.1 Å². The summed E-state index contributed by atoms with van der Waals surface area (Å²) in [5, 5.41) is 48.7. The van der Waals surface area contributed by atoms with Crippen molar-refractivity contribution < 1.29 is 34.8 Å². The highest BCUT2D eigenvalue weighted by Crippen LogP contribution is 2.53. The number of hydrogen-bond donors (Lipinski definition) is 6. The van der Waals surface area contributed by atoms with Crippen molar-refractivity contribution in [2.24, 2.45) is 23.0 Å². The number of benzene rings is 1. The zero-order valence-corrected chi connectivity index (χ0v) is 25.3. The van der Waals surface area contributed by atoms with Gasteiger partial charge in [0.2, 0.25) is 5.78 Å². The SMILES string of the molecule is CN(C)[C@@H]1C(O)=C(C(N)=O)C(=O)[C@@]2(O)C(O)=C3C(=O)c4c(O)cc(CNC(C)(C)CC(C)(C)C)c(Cl)c4C[C@H]3C[C@@H]12. The number of rotatable bonds is 6. The van der Waals surface area contributed by atoms with Crippen molar-refractivity contribution in [1.82, 2.24) is 10.2 Å². The molecule has 0 spiro atoms. The van der Waals surface area contributed by atoms with Crippen LogP contribution in [0.4, 0.5) is 0 Å². The predicted octanol–water partition coefficient (Wildman–Crippen LogP) is 3.08. The molecule has 224 valence electrons. The van der Waals surface area contributed by atoms with Crippen molar-refractivity contribution in [2.45, 2.75) is 77.6 Å². The van der Waals surface area contributed by atoms with Crippen molar-refractivity contribution in [3.63, 3.8) is 0 Å². The van der Waals surface area contributed by atoms with Crippen LogP contribution in [0.3, 0.4) is 0 Å². The number of nitrogens with one attached hydrogen (secondary N) is 1. The minimum atomic E-state index is -2.67. The van der Waals surface area contributed by atoms with E-state index in [1.165, 1.54) is 11.0 Å². The van der Waals surface area contributed by atoms with E-state index in [4.69, 9.17) is 17.3 Å². The second-order valence-corrected chi connectivity index (χ2v) is 14.0. The minimum absolute atomic E-state index is 0.00391. The highest BCUT2D eigenvalue weighted by Gasteiger charge is 2.63. The van der Waals surface area contributed by atoms with Gasteiger partial charge in [0, 0.05) is 28.6 Å². The summed E-state index contributed by atoms with van der Waals surface area (Å²) >= 11 is 6.85. The molecule has 0 saturated carbocycles. The van der Waals surface area contributed by atoms with Crippen LogP contribution in [0, 0.1) is 17.3 Å². The molecule has 0 saturated heterocycles. The molecule has 11 heteroatoms. The summed E-state index contributed by atoms with van der Waals surface area (Å²) in [6.07, 6.45) is 1.02. The van der Waals surface area contributed by atoms with E-state index in [9.17, 15) is 34.8 Å². The Morgan fingerprint density at radius 2 is 1.78 bits per heavy atom. The largest absolute Gasteiger partial charge is 0.510 e. The first-order chi connectivity index (χ1) is 18.7. The number of likely N-dealkylation sites (N-methyl/N-ethyl adjacent to an activating group) is 1. The lowest BCUT2D eigenvalue weighted by atomic mass is 9.58. The second kappa shape index (κ2) is 10.1. The zero-order valence-electron chi connectivity index (χ0n) is 24.6. The second-order valence-electron chi connectivity index (χ2n) is 13.7. The van der Waals surface area contributed by atoms with Gasteiger partial charge < -0.3 is 31.5 Å². The molecule has 10 nitrogen and oxygen atoms in total. The van der Waals surface area contributed by atoms with Gasteiger partial charge in [0.25, 0.3) is 5.91 Å². The van der Waals surface area contributed by atoms with E-state index in [2.05, 4.69) is 39.9 Å². The Balaban J connectivity index is 1.79. The summed E-state index contributed by atoms with van der Waals surface area (Å²) in [6, 6.07) is 0.363. The molecular formula is C30H40ClN3O7. The first-order valence-electron chi connectivity index (χ1n) is 13.7. The molecule has 4 atom stereocenters. The highest BCUT2D eigenvalue weighted by molar-refractivity contribution is 6.33. The molecular weight excluding hydrogens is 550 g/mol. The van der Waals surface area contributed by atoms with E-state index in [-0.39, 0.29) is 40.7 Å². The Morgan fingerprint density at radius 3 is 2.32 bits per heavy atom. The maximum Gasteiger partial charge on any atom is 0.255 e. The summed E-state index contributed by atoms with van der Waals surface area (Å²) in [6.45, 7) is 10.9. The summed E-state index contributed by atoms with van der Waals surface area (Å²) in [5.74, 6) is -6.91. The molecule has 1 aromatic rings. The third kappa shape index (κ3) is 5.05. The van der Waals surface area contributed by atoms with Crippen molar-refractivity contribution >= 4 is 29.1 Å². The van der Waals surface area contributed by atoms with E-state index < -0.39 is 58.0 Å². The lowest BCUT2D eigenvalue weighted by Crippen LogP contribution is -2.63. The lowest BCUT2D eigenvalue weighted by molar-refractivity contribution is -0.148. The molecule has 1 amide bonds. The monoisotopic (exact) mass is 589 g/mol. The number of fused-ring (bicyclic) bond motifs is 3. The average Bonchev–Trinajstić information content (AvgIpc) is 2.80. The van der Waals surface area contributed by atoms with Crippen LogP contribution < -0.4 is 11.1 Å². The quantitative estimate of drug-likeness (QED) is 0.272. The number of aromatic hydroxyl groups is 1. The fraction of sp³-hybridized carbons (Fsp3) is 0.567. The lowest BCUT2D eigenvalue weighted by Gasteiger charge is -2.50. The smallest absolute Gasteiger partial charge is 0.255 e. The van der Waals surface area contributed by atoms with E-state index >= 15 is 0 Å². The number of allylic oxidation sites excluding steroid dienone is 1. The van der Waals surface area contributed by atoms with Crippen LogP contribution in [0.5, 0.6) is 5.75 Å². The number of hydrogen-bond acceptors (Lipinski definition) is 9. The van der Waals surface area contributed by atoms with Crippen molar-refractivity contribution in [3.8, 4) is 5.75 Å². The number of carbonyl (C=O) groups is 3. The molecule has 41 heavy (non-hydrogen) atoms. The van der Waals surface area contributed by atoms with Crippen LogP contribution in [-0.2, 0) is 22.6 Å². The van der Waals surface area contributed by atoms with Crippen LogP contribution in [-0.4, -0.2) is 74.1 Å². The van der Waals surface area contributed by atoms with Gasteiger partial charge in [-0.3, -0.25) is 19.3 Å². The maximum absolute atomic E-state index is 13.8. The van der Waals surface area contributed by atoms with Crippen LogP contribution >= 0.6 is 11.6 Å². The minimum Gasteiger partial charge on any atom is -0.510 e. The van der Waals surface area contributed by atoms with Crippen LogP contribution in [0.1, 0.15) is 68.9 Å². The number of nitrogens with two attached hydrogens (primary N) is 1. The molecule has 0 heterocycles. The normalized spacial score (nSPS) is 26.7. The van der Waals surface area contributed by atoms with Crippen molar-refractivity contribution in [3.05, 3.63) is 50.4 Å². The van der Waals surface area contributed by atoms with Gasteiger partial charge in [-0.1, -0.05) is 32.4 Å². The number of carbonyl (C=O) groups excluding carboxylic acids is 3. The fourth-order valence-electron chi connectivity index (χ4n) is 7.21. The molecule has 0 unspecified atom stereocenters. The van der Waals surface area contributed by atoms with Gasteiger partial charge in [0.15, 0.2) is 11.4 Å². The van der Waals surface area contributed by atoms with E-state index in [0.29, 0.717) is 22.7 Å². The highest BCUT2D eigenvalue weighted by atomic mass is 35.5. The standard InChI is InChI=1S/C30H40ClN3O7/c1-28(2,3)12-29(4,5)33-11-14-10-17(35)19-15(21(14)31)8-13-9-16-22(34(6)7)24(37)20(27(32)40)26(39)30(16,41)25(38)18(13)23(19)36/h10,13,16,22,33,35,37-38,41H,8-9,11-12H2,1-7H3,(H2,32,40)/t13-,16-,22-,30-/m0/s1. The van der Waals surface area contributed by atoms with Gasteiger partial charge in [0.05, 0.1) is 11.6 Å². The van der Waals surface area contributed by atoms with E-state index in [1.807, 2.05) is 0 Å². The van der Waals surface area contributed by atoms with Crippen LogP contribution in [0.25, 0.3) is 0 Å². The topological polar surface area (TPSA) is 173 Å². The first kappa shape index (κ1) is 31.0. The summed E-state index contributed by atoms with van der Waals surface area (Å²) in [5.41, 5.74) is 2.38. The van der Waals surface area contributed by atoms with Crippen molar-refractivity contribution in [1.29, 1.82) is 0 Å². The molecule has 3 aliphatic carbocycles. The molecule has 0 radical (unpaired) electrons. The number of nitrogens with zero attached hydrogens (tertiary/aromatic N) is 1. The maximum atomic E-state index is 13.8. The van der Waals surface area contributed by atoms with Gasteiger partial charge in [-0.05, 0) is 75.7 Å². The molecule has 3 aliphatic rings. The molecule has 0 fully saturated rings. The molecule has 0 aliphatic heterocycles. The molecule has 4 rings (SSSR count). The van der Waals surface area contributed by atoms with Gasteiger partial charge in [-0.25, -0.2) is 0 Å². The van der Waals surface area contributed by atoms with Crippen LogP contribution in [0.2, 0.25) is 5.02 Å². The Kier molecular flexibility index (Phi) is 7.65. The third-order valence-electron chi connectivity index (χ3n) is 8.46. The zero-order chi connectivity index (χ0) is 31.0. The van der Waals surface area contributed by atoms with Gasteiger partial charge >= 0.3 is 0 Å². The molecule has 1 aromatic carbocycles. The number of amides is 1. The number of phenolic OH excluding ortho intramolecular Hbond substituents is 1. The number of phenols is 1. The third-order valence-corrected chi connectivity index (χ3v) is 8.93. The molecule has 7 N–H and O–H groups in total. The van der Waals surface area contributed by atoms with Crippen molar-refractivity contribution in [2.75, 3.05) is 14.1 Å². The van der Waals surface area contributed by atoms with Gasteiger partial charge in [0.1, 0.15) is 22.8 Å². The number of aliphatic hydroxyl groups excluding tert-OH is 2. The summed E-state index contributed by atoms with van der Waals surface area (Å²) in [4.78, 5) is 40.8. The summed E-state index contributed by atoms with van der Waals surface area (Å²) in [7, 11) is 3.17. The van der Waals surface area contributed by atoms with Gasteiger partial charge in [-0.15, -0.1) is 0 Å². The fourth-order valence-corrected chi connectivity index (χ4v) is 7.50.